The fraction of sp³-hybridized carbons (Fsp3) is 0.933. The summed E-state index contributed by atoms with van der Waals surface area (Å²) in [6.45, 7) is 2.43. The van der Waals surface area contributed by atoms with Crippen LogP contribution in [0.25, 0.3) is 0 Å². The van der Waals surface area contributed by atoms with E-state index in [1.807, 2.05) is 0 Å². The molecule has 1 aliphatic carbocycles. The van der Waals surface area contributed by atoms with Crippen molar-refractivity contribution >= 4 is 5.91 Å². The van der Waals surface area contributed by atoms with Gasteiger partial charge in [0.25, 0.3) is 0 Å². The number of aliphatic hydroxyl groups is 1. The van der Waals surface area contributed by atoms with Gasteiger partial charge >= 0.3 is 0 Å². The van der Waals surface area contributed by atoms with E-state index in [9.17, 15) is 9.90 Å². The summed E-state index contributed by atoms with van der Waals surface area (Å²) in [6, 6.07) is 0.225. The first-order valence-electron chi connectivity index (χ1n) is 7.68. The van der Waals surface area contributed by atoms with Gasteiger partial charge in [-0.05, 0) is 19.3 Å². The number of nitrogens with one attached hydrogen (secondary N) is 1. The highest BCUT2D eigenvalue weighted by molar-refractivity contribution is 5.76. The number of hydrogen-bond acceptors (Lipinski definition) is 2. The summed E-state index contributed by atoms with van der Waals surface area (Å²) in [4.78, 5) is 11.8. The van der Waals surface area contributed by atoms with E-state index >= 15 is 0 Å². The van der Waals surface area contributed by atoms with Crippen LogP contribution in [0.3, 0.4) is 0 Å². The van der Waals surface area contributed by atoms with Crippen molar-refractivity contribution in [3.8, 4) is 0 Å². The Morgan fingerprint density at radius 3 is 2.61 bits per heavy atom. The molecule has 0 saturated heterocycles. The van der Waals surface area contributed by atoms with Crippen LogP contribution in [0.1, 0.15) is 71.1 Å². The molecular formula is C15H29NO2. The Hall–Kier alpha value is -0.570. The predicted octanol–water partition coefficient (Wildman–Crippen LogP) is 3.01. The van der Waals surface area contributed by atoms with Crippen LogP contribution in [0.15, 0.2) is 0 Å². The predicted molar refractivity (Wildman–Crippen MR) is 74.4 cm³/mol. The van der Waals surface area contributed by atoms with Crippen molar-refractivity contribution in [2.45, 2.75) is 77.2 Å². The summed E-state index contributed by atoms with van der Waals surface area (Å²) < 4.78 is 0. The van der Waals surface area contributed by atoms with Crippen molar-refractivity contribution in [1.29, 1.82) is 0 Å². The first-order chi connectivity index (χ1) is 8.77. The molecule has 0 bridgehead atoms. The molecule has 0 heterocycles. The van der Waals surface area contributed by atoms with Crippen LogP contribution >= 0.6 is 0 Å². The maximum atomic E-state index is 11.8. The number of unbranched alkanes of at least 4 members (excludes halogenated alkanes) is 5. The van der Waals surface area contributed by atoms with Gasteiger partial charge in [-0.25, -0.2) is 0 Å². The van der Waals surface area contributed by atoms with E-state index in [-0.39, 0.29) is 18.6 Å². The zero-order valence-corrected chi connectivity index (χ0v) is 11.8. The highest BCUT2D eigenvalue weighted by Gasteiger charge is 2.27. The minimum atomic E-state index is 0.177. The van der Waals surface area contributed by atoms with E-state index in [4.69, 9.17) is 0 Å². The summed E-state index contributed by atoms with van der Waals surface area (Å²) in [5.74, 6) is 0.467. The fourth-order valence-corrected chi connectivity index (χ4v) is 2.79. The maximum absolute atomic E-state index is 11.8. The van der Waals surface area contributed by atoms with Crippen molar-refractivity contribution in [1.82, 2.24) is 5.32 Å². The standard InChI is InChI=1S/C15H29NO2/c1-2-3-4-5-6-7-11-15(18)16-14-10-8-9-13(14)12-17/h13-14,17H,2-12H2,1H3,(H,16,18). The van der Waals surface area contributed by atoms with Crippen LogP contribution in [-0.2, 0) is 4.79 Å². The number of rotatable bonds is 9. The monoisotopic (exact) mass is 255 g/mol. The SMILES string of the molecule is CCCCCCCCC(=O)NC1CCCC1CO. The molecule has 1 fully saturated rings. The number of carbonyl (C=O) groups is 1. The molecule has 2 unspecified atom stereocenters. The van der Waals surface area contributed by atoms with Gasteiger partial charge in [-0.2, -0.15) is 0 Å². The number of carbonyl (C=O) groups excluding carboxylic acids is 1. The van der Waals surface area contributed by atoms with Gasteiger partial charge in [0, 0.05) is 25.0 Å². The first kappa shape index (κ1) is 15.5. The Bertz CT molecular complexity index is 231. The maximum Gasteiger partial charge on any atom is 0.220 e. The molecule has 1 rings (SSSR count). The molecular weight excluding hydrogens is 226 g/mol. The minimum Gasteiger partial charge on any atom is -0.396 e. The van der Waals surface area contributed by atoms with Gasteiger partial charge in [-0.3, -0.25) is 4.79 Å². The molecule has 0 aliphatic heterocycles. The van der Waals surface area contributed by atoms with Crippen LogP contribution in [0.4, 0.5) is 0 Å². The normalized spacial score (nSPS) is 23.2. The lowest BCUT2D eigenvalue weighted by Gasteiger charge is -2.18. The second-order valence-electron chi connectivity index (χ2n) is 5.57. The summed E-state index contributed by atoms with van der Waals surface area (Å²) in [6.07, 6.45) is 11.2. The topological polar surface area (TPSA) is 49.3 Å². The summed E-state index contributed by atoms with van der Waals surface area (Å²) in [7, 11) is 0. The van der Waals surface area contributed by atoms with Gasteiger partial charge in [0.15, 0.2) is 0 Å². The molecule has 0 radical (unpaired) electrons. The highest BCUT2D eigenvalue weighted by atomic mass is 16.3. The number of amides is 1. The van der Waals surface area contributed by atoms with Crippen LogP contribution in [0.5, 0.6) is 0 Å². The Morgan fingerprint density at radius 2 is 1.89 bits per heavy atom. The molecule has 18 heavy (non-hydrogen) atoms. The van der Waals surface area contributed by atoms with Crippen molar-refractivity contribution < 1.29 is 9.90 Å². The molecule has 0 aromatic heterocycles. The largest absolute Gasteiger partial charge is 0.396 e. The lowest BCUT2D eigenvalue weighted by atomic mass is 10.0. The minimum absolute atomic E-state index is 0.177. The Morgan fingerprint density at radius 1 is 1.17 bits per heavy atom. The van der Waals surface area contributed by atoms with E-state index in [0.717, 1.165) is 25.7 Å². The Labute approximate surface area is 111 Å². The molecule has 106 valence electrons. The van der Waals surface area contributed by atoms with Gasteiger partial charge in [0.05, 0.1) is 0 Å². The highest BCUT2D eigenvalue weighted by Crippen LogP contribution is 2.25. The van der Waals surface area contributed by atoms with E-state index in [2.05, 4.69) is 12.2 Å². The number of aliphatic hydroxyl groups excluding tert-OH is 1. The quantitative estimate of drug-likeness (QED) is 0.622. The number of hydrogen-bond donors (Lipinski definition) is 2. The van der Waals surface area contributed by atoms with Crippen molar-refractivity contribution in [2.24, 2.45) is 5.92 Å². The molecule has 0 spiro atoms. The summed E-state index contributed by atoms with van der Waals surface area (Å²) in [5, 5.41) is 12.3. The summed E-state index contributed by atoms with van der Waals surface area (Å²) in [5.41, 5.74) is 0. The molecule has 3 nitrogen and oxygen atoms in total. The second-order valence-corrected chi connectivity index (χ2v) is 5.57. The second kappa shape index (κ2) is 9.37. The zero-order valence-electron chi connectivity index (χ0n) is 11.8. The first-order valence-corrected chi connectivity index (χ1v) is 7.68. The van der Waals surface area contributed by atoms with Gasteiger partial charge in [-0.15, -0.1) is 0 Å². The van der Waals surface area contributed by atoms with Crippen molar-refractivity contribution in [3.63, 3.8) is 0 Å². The van der Waals surface area contributed by atoms with Gasteiger partial charge in [-0.1, -0.05) is 45.4 Å². The third-order valence-corrected chi connectivity index (χ3v) is 4.00. The third-order valence-electron chi connectivity index (χ3n) is 4.00. The van der Waals surface area contributed by atoms with E-state index in [0.29, 0.717) is 12.3 Å². The summed E-state index contributed by atoms with van der Waals surface area (Å²) >= 11 is 0. The van der Waals surface area contributed by atoms with Crippen molar-refractivity contribution in [3.05, 3.63) is 0 Å². The Balaban J connectivity index is 2.03. The van der Waals surface area contributed by atoms with Crippen LogP contribution in [-0.4, -0.2) is 23.7 Å². The van der Waals surface area contributed by atoms with Crippen LogP contribution in [0, 0.1) is 5.92 Å². The molecule has 2 N–H and O–H groups in total. The van der Waals surface area contributed by atoms with E-state index < -0.39 is 0 Å². The lowest BCUT2D eigenvalue weighted by Crippen LogP contribution is -2.38. The van der Waals surface area contributed by atoms with Crippen LogP contribution < -0.4 is 5.32 Å². The molecule has 1 saturated carbocycles. The fourth-order valence-electron chi connectivity index (χ4n) is 2.79. The molecule has 2 atom stereocenters. The Kier molecular flexibility index (Phi) is 8.06. The smallest absolute Gasteiger partial charge is 0.220 e. The zero-order chi connectivity index (χ0) is 13.2. The molecule has 0 aromatic carbocycles. The molecule has 3 heteroatoms. The lowest BCUT2D eigenvalue weighted by molar-refractivity contribution is -0.122. The average molecular weight is 255 g/mol. The molecule has 0 aromatic rings. The molecule has 1 amide bonds. The van der Waals surface area contributed by atoms with Crippen LogP contribution in [0.2, 0.25) is 0 Å². The third kappa shape index (κ3) is 5.85. The van der Waals surface area contributed by atoms with E-state index in [1.165, 1.54) is 32.1 Å². The van der Waals surface area contributed by atoms with E-state index in [1.54, 1.807) is 0 Å². The van der Waals surface area contributed by atoms with Crippen molar-refractivity contribution in [2.75, 3.05) is 6.61 Å². The van der Waals surface area contributed by atoms with Gasteiger partial charge < -0.3 is 10.4 Å². The van der Waals surface area contributed by atoms with Gasteiger partial charge in [0.1, 0.15) is 0 Å². The van der Waals surface area contributed by atoms with Gasteiger partial charge in [0.2, 0.25) is 5.91 Å². The average Bonchev–Trinajstić information content (AvgIpc) is 2.80. The molecule has 1 aliphatic rings.